The molecular formula is C15H16N2O2. The molecule has 98 valence electrons. The van der Waals surface area contributed by atoms with E-state index in [0.29, 0.717) is 11.8 Å². The van der Waals surface area contributed by atoms with Crippen LogP contribution in [0.1, 0.15) is 37.1 Å². The van der Waals surface area contributed by atoms with Crippen molar-refractivity contribution >= 4 is 0 Å². The van der Waals surface area contributed by atoms with Crippen LogP contribution in [0.4, 0.5) is 0 Å². The predicted octanol–water partition coefficient (Wildman–Crippen LogP) is 3.00. The van der Waals surface area contributed by atoms with Crippen molar-refractivity contribution in [2.45, 2.75) is 32.1 Å². The zero-order valence-electron chi connectivity index (χ0n) is 10.8. The summed E-state index contributed by atoms with van der Waals surface area (Å²) in [5.74, 6) is 2.30. The summed E-state index contributed by atoms with van der Waals surface area (Å²) in [7, 11) is 0. The highest BCUT2D eigenvalue weighted by Gasteiger charge is 2.26. The molecule has 0 atom stereocenters. The molecule has 0 aliphatic heterocycles. The van der Waals surface area contributed by atoms with Crippen LogP contribution >= 0.6 is 0 Å². The average molecular weight is 256 g/mol. The van der Waals surface area contributed by atoms with E-state index in [9.17, 15) is 4.79 Å². The second-order valence-corrected chi connectivity index (χ2v) is 4.81. The molecule has 1 aromatic heterocycles. The lowest BCUT2D eigenvalue weighted by Crippen LogP contribution is -2.10. The Morgan fingerprint density at radius 1 is 1.37 bits per heavy atom. The van der Waals surface area contributed by atoms with E-state index in [1.54, 1.807) is 0 Å². The predicted molar refractivity (Wildman–Crippen MR) is 72.7 cm³/mol. The van der Waals surface area contributed by atoms with Gasteiger partial charge in [0.1, 0.15) is 11.6 Å². The Hall–Kier alpha value is -2.10. The lowest BCUT2D eigenvalue weighted by atomic mass is 10.1. The molecule has 19 heavy (non-hydrogen) atoms. The summed E-state index contributed by atoms with van der Waals surface area (Å²) in [5.41, 5.74) is 0.957. The Bertz CT molecular complexity index is 645. The molecule has 1 N–H and O–H groups in total. The van der Waals surface area contributed by atoms with Gasteiger partial charge in [-0.15, -0.1) is 0 Å². The Kier molecular flexibility index (Phi) is 3.07. The number of aromatic nitrogens is 2. The van der Waals surface area contributed by atoms with Crippen molar-refractivity contribution in [2.75, 3.05) is 0 Å². The maximum absolute atomic E-state index is 11.6. The van der Waals surface area contributed by atoms with Crippen molar-refractivity contribution in [3.8, 4) is 11.6 Å². The summed E-state index contributed by atoms with van der Waals surface area (Å²) in [5, 5.41) is 0. The van der Waals surface area contributed by atoms with E-state index in [2.05, 4.69) is 16.9 Å². The van der Waals surface area contributed by atoms with E-state index in [0.717, 1.165) is 36.4 Å². The third kappa shape index (κ3) is 2.67. The molecule has 4 nitrogen and oxygen atoms in total. The van der Waals surface area contributed by atoms with Gasteiger partial charge in [0.05, 0.1) is 6.07 Å². The molecule has 4 heteroatoms. The van der Waals surface area contributed by atoms with Crippen molar-refractivity contribution in [3.63, 3.8) is 0 Å². The number of hydrogen-bond donors (Lipinski definition) is 1. The van der Waals surface area contributed by atoms with Crippen molar-refractivity contribution in [1.29, 1.82) is 0 Å². The quantitative estimate of drug-likeness (QED) is 0.914. The molecule has 1 fully saturated rings. The van der Waals surface area contributed by atoms with Gasteiger partial charge in [-0.25, -0.2) is 0 Å². The van der Waals surface area contributed by atoms with Gasteiger partial charge in [-0.2, -0.15) is 4.98 Å². The number of hydrogen-bond acceptors (Lipinski definition) is 3. The first kappa shape index (κ1) is 12.0. The van der Waals surface area contributed by atoms with Gasteiger partial charge in [-0.3, -0.25) is 4.79 Å². The molecule has 1 heterocycles. The molecule has 0 bridgehead atoms. The highest BCUT2D eigenvalue weighted by Crippen LogP contribution is 2.38. The van der Waals surface area contributed by atoms with Crippen molar-refractivity contribution in [1.82, 2.24) is 9.97 Å². The fraction of sp³-hybridized carbons (Fsp3) is 0.333. The summed E-state index contributed by atoms with van der Waals surface area (Å²) in [6, 6.07) is 9.22. The Labute approximate surface area is 111 Å². The van der Waals surface area contributed by atoms with E-state index in [1.807, 2.05) is 24.3 Å². The van der Waals surface area contributed by atoms with Gasteiger partial charge in [-0.1, -0.05) is 25.1 Å². The van der Waals surface area contributed by atoms with E-state index < -0.39 is 0 Å². The van der Waals surface area contributed by atoms with Gasteiger partial charge in [0, 0.05) is 5.92 Å². The third-order valence-electron chi connectivity index (χ3n) is 3.27. The molecule has 3 rings (SSSR count). The molecule has 2 aromatic rings. The van der Waals surface area contributed by atoms with E-state index in [4.69, 9.17) is 4.74 Å². The molecule has 1 aliphatic carbocycles. The number of aromatic amines is 1. The molecule has 0 spiro atoms. The molecule has 0 unspecified atom stereocenters. The lowest BCUT2D eigenvalue weighted by Gasteiger charge is -2.09. The van der Waals surface area contributed by atoms with Gasteiger partial charge in [0.25, 0.3) is 5.56 Å². The smallest absolute Gasteiger partial charge is 0.254 e. The van der Waals surface area contributed by atoms with Crippen molar-refractivity contribution < 1.29 is 4.74 Å². The first-order chi connectivity index (χ1) is 9.26. The fourth-order valence-electron chi connectivity index (χ4n) is 2.06. The number of rotatable bonds is 4. The first-order valence-electron chi connectivity index (χ1n) is 6.63. The number of nitrogens with one attached hydrogen (secondary N) is 1. The average Bonchev–Trinajstić information content (AvgIpc) is 3.23. The van der Waals surface area contributed by atoms with Crippen LogP contribution in [0.3, 0.4) is 0 Å². The lowest BCUT2D eigenvalue weighted by molar-refractivity contribution is 0.452. The highest BCUT2D eigenvalue weighted by molar-refractivity contribution is 5.36. The number of H-pyrrole nitrogens is 1. The van der Waals surface area contributed by atoms with Gasteiger partial charge in [0.15, 0.2) is 0 Å². The van der Waals surface area contributed by atoms with E-state index >= 15 is 0 Å². The molecular weight excluding hydrogens is 240 g/mol. The van der Waals surface area contributed by atoms with Crippen LogP contribution in [0.2, 0.25) is 0 Å². The van der Waals surface area contributed by atoms with E-state index in [1.165, 1.54) is 6.07 Å². The topological polar surface area (TPSA) is 55.0 Å². The molecule has 1 saturated carbocycles. The second kappa shape index (κ2) is 4.88. The van der Waals surface area contributed by atoms with Crippen LogP contribution in [0.5, 0.6) is 11.6 Å². The SMILES string of the molecule is CCc1ccccc1Oc1cc(=O)[nH]c(C2CC2)n1. The number of nitrogens with zero attached hydrogens (tertiary/aromatic N) is 1. The number of ether oxygens (including phenoxy) is 1. The van der Waals surface area contributed by atoms with Crippen molar-refractivity contribution in [2.24, 2.45) is 0 Å². The zero-order valence-corrected chi connectivity index (χ0v) is 10.8. The van der Waals surface area contributed by atoms with E-state index in [-0.39, 0.29) is 5.56 Å². The maximum atomic E-state index is 11.6. The van der Waals surface area contributed by atoms with Crippen LogP contribution in [0.25, 0.3) is 0 Å². The summed E-state index contributed by atoms with van der Waals surface area (Å²) in [6.07, 6.45) is 3.07. The van der Waals surface area contributed by atoms with Gasteiger partial charge >= 0.3 is 0 Å². The normalized spacial score (nSPS) is 14.4. The van der Waals surface area contributed by atoms with Crippen LogP contribution < -0.4 is 10.3 Å². The molecule has 0 amide bonds. The second-order valence-electron chi connectivity index (χ2n) is 4.81. The fourth-order valence-corrected chi connectivity index (χ4v) is 2.06. The highest BCUT2D eigenvalue weighted by atomic mass is 16.5. The molecule has 0 saturated heterocycles. The zero-order chi connectivity index (χ0) is 13.2. The van der Waals surface area contributed by atoms with Crippen molar-refractivity contribution in [3.05, 3.63) is 52.1 Å². The molecule has 0 radical (unpaired) electrons. The van der Waals surface area contributed by atoms with Gasteiger partial charge < -0.3 is 9.72 Å². The monoisotopic (exact) mass is 256 g/mol. The number of aryl methyl sites for hydroxylation is 1. The summed E-state index contributed by atoms with van der Waals surface area (Å²) >= 11 is 0. The summed E-state index contributed by atoms with van der Waals surface area (Å²) in [4.78, 5) is 18.8. The van der Waals surface area contributed by atoms with Gasteiger partial charge in [0.2, 0.25) is 5.88 Å². The summed E-state index contributed by atoms with van der Waals surface area (Å²) < 4.78 is 5.77. The number of benzene rings is 1. The Balaban J connectivity index is 1.92. The van der Waals surface area contributed by atoms with Crippen LogP contribution in [-0.4, -0.2) is 9.97 Å². The molecule has 1 aromatic carbocycles. The minimum absolute atomic E-state index is 0.152. The Morgan fingerprint density at radius 3 is 2.89 bits per heavy atom. The minimum atomic E-state index is -0.152. The molecule has 1 aliphatic rings. The van der Waals surface area contributed by atoms with Crippen LogP contribution in [0.15, 0.2) is 35.1 Å². The standard InChI is InChI=1S/C15H16N2O2/c1-2-10-5-3-4-6-12(10)19-14-9-13(18)16-15(17-14)11-7-8-11/h3-6,9,11H,2,7-8H2,1H3,(H,16,17,18). The van der Waals surface area contributed by atoms with Crippen LogP contribution in [-0.2, 0) is 6.42 Å². The van der Waals surface area contributed by atoms with Gasteiger partial charge in [-0.05, 0) is 30.9 Å². The largest absolute Gasteiger partial charge is 0.438 e. The Morgan fingerprint density at radius 2 is 2.16 bits per heavy atom. The first-order valence-corrected chi connectivity index (χ1v) is 6.63. The number of para-hydroxylation sites is 1. The maximum Gasteiger partial charge on any atom is 0.254 e. The summed E-state index contributed by atoms with van der Waals surface area (Å²) in [6.45, 7) is 2.07. The minimum Gasteiger partial charge on any atom is -0.438 e. The van der Waals surface area contributed by atoms with Crippen LogP contribution in [0, 0.1) is 0 Å². The third-order valence-corrected chi connectivity index (χ3v) is 3.27.